The van der Waals surface area contributed by atoms with E-state index in [1.807, 2.05) is 6.07 Å². The van der Waals surface area contributed by atoms with E-state index in [9.17, 15) is 5.26 Å². The van der Waals surface area contributed by atoms with E-state index in [-0.39, 0.29) is 0 Å². The maximum atomic E-state index is 9.41. The minimum absolute atomic E-state index is 0.812. The first-order valence-corrected chi connectivity index (χ1v) is 8.78. The van der Waals surface area contributed by atoms with Gasteiger partial charge in [0.15, 0.2) is 0 Å². The minimum Gasteiger partial charge on any atom is -0.370 e. The predicted molar refractivity (Wildman–Crippen MR) is 86.1 cm³/mol. The van der Waals surface area contributed by atoms with E-state index >= 15 is 0 Å². The smallest absolute Gasteiger partial charge is 0.101 e. The summed E-state index contributed by atoms with van der Waals surface area (Å²) in [6.45, 7) is 2.26. The molecule has 0 spiro atoms. The summed E-state index contributed by atoms with van der Waals surface area (Å²) in [4.78, 5) is 2.45. The van der Waals surface area contributed by atoms with Gasteiger partial charge in [-0.2, -0.15) is 5.26 Å². The molecule has 3 heteroatoms. The fourth-order valence-corrected chi connectivity index (χ4v) is 4.20. The summed E-state index contributed by atoms with van der Waals surface area (Å²) in [7, 11) is 0. The monoisotopic (exact) mass is 332 g/mol. The molecular weight excluding hydrogens is 312 g/mol. The Morgan fingerprint density at radius 1 is 1.20 bits per heavy atom. The Morgan fingerprint density at radius 3 is 2.75 bits per heavy atom. The number of anilines is 1. The standard InChI is InChI=1S/C17H21BrN2/c18-10-13-5-6-17(16(9-13)11-19)20-8-7-14-3-1-2-4-15(14)12-20/h5-6,9,14-15H,1-4,7-8,10,12H2. The summed E-state index contributed by atoms with van der Waals surface area (Å²) < 4.78 is 0. The second-order valence-corrected chi connectivity index (χ2v) is 6.70. The lowest BCUT2D eigenvalue weighted by Gasteiger charge is -2.42. The van der Waals surface area contributed by atoms with Gasteiger partial charge in [0.05, 0.1) is 11.3 Å². The lowest BCUT2D eigenvalue weighted by Crippen LogP contribution is -2.42. The molecular formula is C17H21BrN2. The molecule has 2 unspecified atom stereocenters. The predicted octanol–water partition coefficient (Wildman–Crippen LogP) is 4.47. The maximum absolute atomic E-state index is 9.41. The van der Waals surface area contributed by atoms with Crippen LogP contribution in [0.15, 0.2) is 18.2 Å². The fourth-order valence-electron chi connectivity index (χ4n) is 3.85. The van der Waals surface area contributed by atoms with Crippen LogP contribution in [-0.2, 0) is 5.33 Å². The topological polar surface area (TPSA) is 27.0 Å². The van der Waals surface area contributed by atoms with Gasteiger partial charge in [0.1, 0.15) is 6.07 Å². The van der Waals surface area contributed by atoms with Crippen LogP contribution < -0.4 is 4.90 Å². The van der Waals surface area contributed by atoms with Crippen molar-refractivity contribution in [3.8, 4) is 6.07 Å². The Labute approximate surface area is 129 Å². The fraction of sp³-hybridized carbons (Fsp3) is 0.588. The van der Waals surface area contributed by atoms with E-state index in [2.05, 4.69) is 39.0 Å². The van der Waals surface area contributed by atoms with Gasteiger partial charge in [-0.05, 0) is 42.4 Å². The van der Waals surface area contributed by atoms with Crippen LogP contribution in [0.1, 0.15) is 43.2 Å². The highest BCUT2D eigenvalue weighted by atomic mass is 79.9. The van der Waals surface area contributed by atoms with Crippen molar-refractivity contribution in [2.24, 2.45) is 11.8 Å². The molecule has 3 rings (SSSR count). The van der Waals surface area contributed by atoms with E-state index in [4.69, 9.17) is 0 Å². The van der Waals surface area contributed by atoms with Gasteiger partial charge in [0, 0.05) is 18.4 Å². The van der Waals surface area contributed by atoms with Gasteiger partial charge in [0.25, 0.3) is 0 Å². The summed E-state index contributed by atoms with van der Waals surface area (Å²) in [5.41, 5.74) is 3.15. The average molecular weight is 333 g/mol. The molecule has 1 aromatic rings. The van der Waals surface area contributed by atoms with Crippen LogP contribution in [0.2, 0.25) is 0 Å². The number of halogens is 1. The summed E-state index contributed by atoms with van der Waals surface area (Å²) in [5.74, 6) is 1.78. The lowest BCUT2D eigenvalue weighted by molar-refractivity contribution is 0.202. The van der Waals surface area contributed by atoms with E-state index in [1.54, 1.807) is 0 Å². The first kappa shape index (κ1) is 13.9. The zero-order valence-electron chi connectivity index (χ0n) is 11.8. The summed E-state index contributed by atoms with van der Waals surface area (Å²) in [5, 5.41) is 10.2. The van der Waals surface area contributed by atoms with E-state index in [1.165, 1.54) is 37.7 Å². The molecule has 1 aliphatic heterocycles. The van der Waals surface area contributed by atoms with Crippen molar-refractivity contribution in [1.29, 1.82) is 5.26 Å². The van der Waals surface area contributed by atoms with Crippen molar-refractivity contribution in [3.05, 3.63) is 29.3 Å². The van der Waals surface area contributed by atoms with Crippen molar-refractivity contribution in [1.82, 2.24) is 0 Å². The number of hydrogen-bond acceptors (Lipinski definition) is 2. The zero-order chi connectivity index (χ0) is 13.9. The number of nitrogens with zero attached hydrogens (tertiary/aromatic N) is 2. The van der Waals surface area contributed by atoms with Crippen molar-refractivity contribution < 1.29 is 0 Å². The quantitative estimate of drug-likeness (QED) is 0.747. The summed E-state index contributed by atoms with van der Waals surface area (Å²) >= 11 is 3.46. The van der Waals surface area contributed by atoms with Crippen molar-refractivity contribution in [2.45, 2.75) is 37.4 Å². The van der Waals surface area contributed by atoms with E-state index in [0.29, 0.717) is 0 Å². The van der Waals surface area contributed by atoms with Gasteiger partial charge in [-0.15, -0.1) is 0 Å². The largest absolute Gasteiger partial charge is 0.370 e. The number of hydrogen-bond donors (Lipinski definition) is 0. The Hall–Kier alpha value is -1.01. The molecule has 2 aliphatic rings. The van der Waals surface area contributed by atoms with Crippen LogP contribution in [0.4, 0.5) is 5.69 Å². The zero-order valence-corrected chi connectivity index (χ0v) is 13.4. The average Bonchev–Trinajstić information content (AvgIpc) is 2.53. The number of rotatable bonds is 2. The Balaban J connectivity index is 1.81. The normalized spacial score (nSPS) is 25.9. The number of nitriles is 1. The number of fused-ring (bicyclic) bond motifs is 1. The Kier molecular flexibility index (Phi) is 4.31. The molecule has 0 bridgehead atoms. The molecule has 106 valence electrons. The molecule has 0 radical (unpaired) electrons. The first-order chi connectivity index (χ1) is 9.81. The molecule has 0 aromatic heterocycles. The Morgan fingerprint density at radius 2 is 2.00 bits per heavy atom. The highest BCUT2D eigenvalue weighted by Gasteiger charge is 2.31. The molecule has 20 heavy (non-hydrogen) atoms. The summed E-state index contributed by atoms with van der Waals surface area (Å²) in [6, 6.07) is 8.68. The molecule has 1 aromatic carbocycles. The highest BCUT2D eigenvalue weighted by molar-refractivity contribution is 9.08. The van der Waals surface area contributed by atoms with Gasteiger partial charge >= 0.3 is 0 Å². The van der Waals surface area contributed by atoms with Crippen LogP contribution in [0.3, 0.4) is 0 Å². The molecule has 2 atom stereocenters. The first-order valence-electron chi connectivity index (χ1n) is 7.65. The minimum atomic E-state index is 0.812. The van der Waals surface area contributed by atoms with Crippen LogP contribution in [0.25, 0.3) is 0 Å². The molecule has 2 nitrogen and oxygen atoms in total. The molecule has 1 saturated carbocycles. The van der Waals surface area contributed by atoms with E-state index in [0.717, 1.165) is 41.5 Å². The molecule has 2 fully saturated rings. The molecule has 0 amide bonds. The molecule has 0 N–H and O–H groups in total. The number of benzene rings is 1. The second kappa shape index (κ2) is 6.18. The SMILES string of the molecule is N#Cc1cc(CBr)ccc1N1CCC2CCCCC2C1. The second-order valence-electron chi connectivity index (χ2n) is 6.14. The molecule has 1 aliphatic carbocycles. The molecule has 1 saturated heterocycles. The number of alkyl halides is 1. The third-order valence-electron chi connectivity index (χ3n) is 4.97. The van der Waals surface area contributed by atoms with Crippen molar-refractivity contribution in [2.75, 3.05) is 18.0 Å². The van der Waals surface area contributed by atoms with Crippen LogP contribution in [-0.4, -0.2) is 13.1 Å². The van der Waals surface area contributed by atoms with Crippen LogP contribution >= 0.6 is 15.9 Å². The van der Waals surface area contributed by atoms with E-state index < -0.39 is 0 Å². The summed E-state index contributed by atoms with van der Waals surface area (Å²) in [6.07, 6.45) is 6.91. The highest BCUT2D eigenvalue weighted by Crippen LogP contribution is 2.38. The third-order valence-corrected chi connectivity index (χ3v) is 5.62. The van der Waals surface area contributed by atoms with Gasteiger partial charge < -0.3 is 4.90 Å². The van der Waals surface area contributed by atoms with Crippen LogP contribution in [0, 0.1) is 23.2 Å². The molecule has 1 heterocycles. The van der Waals surface area contributed by atoms with Gasteiger partial charge in [-0.3, -0.25) is 0 Å². The third kappa shape index (κ3) is 2.72. The van der Waals surface area contributed by atoms with Crippen LogP contribution in [0.5, 0.6) is 0 Å². The number of piperidine rings is 1. The van der Waals surface area contributed by atoms with Crippen molar-refractivity contribution in [3.63, 3.8) is 0 Å². The van der Waals surface area contributed by atoms with Crippen molar-refractivity contribution >= 4 is 21.6 Å². The van der Waals surface area contributed by atoms with Gasteiger partial charge in [-0.1, -0.05) is 41.3 Å². The maximum Gasteiger partial charge on any atom is 0.101 e. The Bertz CT molecular complexity index is 520. The van der Waals surface area contributed by atoms with Gasteiger partial charge in [-0.25, -0.2) is 0 Å². The van der Waals surface area contributed by atoms with Gasteiger partial charge in [0.2, 0.25) is 0 Å². The lowest BCUT2D eigenvalue weighted by atomic mass is 9.75.